The summed E-state index contributed by atoms with van der Waals surface area (Å²) in [6.45, 7) is 0.942. The number of aliphatic hydroxyl groups is 1. The van der Waals surface area contributed by atoms with Crippen LogP contribution in [0.4, 0.5) is 10.1 Å². The first-order valence-electron chi connectivity index (χ1n) is 3.39. The summed E-state index contributed by atoms with van der Waals surface area (Å²) < 4.78 is 0. The Bertz CT molecular complexity index is 213. The topological polar surface area (TPSA) is 71.2 Å². The Morgan fingerprint density at radius 2 is 2.55 bits per heavy atom. The van der Waals surface area contributed by atoms with Gasteiger partial charge in [0.25, 0.3) is 0 Å². The Morgan fingerprint density at radius 1 is 1.73 bits per heavy atom. The molecule has 0 atom stereocenters. The Balaban J connectivity index is 2.27. The van der Waals surface area contributed by atoms with Crippen molar-refractivity contribution < 1.29 is 5.11 Å². The van der Waals surface area contributed by atoms with E-state index in [9.17, 15) is 0 Å². The minimum atomic E-state index is 0.202. The number of anilines is 2. The Labute approximate surface area is 69.1 Å². The van der Waals surface area contributed by atoms with E-state index in [4.69, 9.17) is 10.8 Å². The first-order chi connectivity index (χ1) is 5.33. The van der Waals surface area contributed by atoms with E-state index in [2.05, 4.69) is 10.3 Å². The van der Waals surface area contributed by atoms with Crippen LogP contribution in [0, 0.1) is 0 Å². The van der Waals surface area contributed by atoms with E-state index in [1.165, 1.54) is 11.3 Å². The number of nitrogens with one attached hydrogen (secondary N) is 1. The highest BCUT2D eigenvalue weighted by Crippen LogP contribution is 2.18. The van der Waals surface area contributed by atoms with Gasteiger partial charge in [0.05, 0.1) is 6.20 Å². The maximum Gasteiger partial charge on any atom is 0.184 e. The number of nitrogens with zero attached hydrogens (tertiary/aromatic N) is 1. The van der Waals surface area contributed by atoms with Gasteiger partial charge in [0.1, 0.15) is 5.00 Å². The van der Waals surface area contributed by atoms with Gasteiger partial charge in [-0.3, -0.25) is 0 Å². The van der Waals surface area contributed by atoms with E-state index >= 15 is 0 Å². The van der Waals surface area contributed by atoms with Crippen LogP contribution in [0.2, 0.25) is 0 Å². The maximum absolute atomic E-state index is 8.47. The van der Waals surface area contributed by atoms with Crippen molar-refractivity contribution in [1.29, 1.82) is 0 Å². The molecular formula is C6H11N3OS. The number of hydrogen-bond donors (Lipinski definition) is 3. The number of nitrogens with two attached hydrogens (primary N) is 1. The predicted molar refractivity (Wildman–Crippen MR) is 46.7 cm³/mol. The molecule has 0 aromatic carbocycles. The fraction of sp³-hybridized carbons (Fsp3) is 0.500. The molecule has 0 unspecified atom stereocenters. The SMILES string of the molecule is Nc1cnc(NCCCO)s1. The van der Waals surface area contributed by atoms with Crippen LogP contribution in [0.1, 0.15) is 6.42 Å². The van der Waals surface area contributed by atoms with Crippen molar-refractivity contribution in [3.05, 3.63) is 6.20 Å². The Kier molecular flexibility index (Phi) is 3.13. The zero-order valence-corrected chi connectivity index (χ0v) is 6.90. The Hall–Kier alpha value is -0.810. The molecule has 1 rings (SSSR count). The van der Waals surface area contributed by atoms with E-state index in [1.54, 1.807) is 6.20 Å². The molecule has 0 spiro atoms. The summed E-state index contributed by atoms with van der Waals surface area (Å²) in [6.07, 6.45) is 2.35. The van der Waals surface area contributed by atoms with Crippen LogP contribution < -0.4 is 11.1 Å². The van der Waals surface area contributed by atoms with E-state index in [-0.39, 0.29) is 6.61 Å². The summed E-state index contributed by atoms with van der Waals surface area (Å²) >= 11 is 1.41. The van der Waals surface area contributed by atoms with Gasteiger partial charge in [0, 0.05) is 13.2 Å². The fourth-order valence-corrected chi connectivity index (χ4v) is 1.25. The summed E-state index contributed by atoms with van der Waals surface area (Å²) in [5, 5.41) is 13.0. The third kappa shape index (κ3) is 2.73. The second kappa shape index (κ2) is 4.15. The average Bonchev–Trinajstić information content (AvgIpc) is 2.37. The molecule has 0 aliphatic rings. The molecule has 1 aromatic rings. The van der Waals surface area contributed by atoms with Gasteiger partial charge in [-0.1, -0.05) is 11.3 Å². The molecule has 5 heteroatoms. The summed E-state index contributed by atoms with van der Waals surface area (Å²) in [5.41, 5.74) is 5.45. The minimum Gasteiger partial charge on any atom is -0.396 e. The van der Waals surface area contributed by atoms with Crippen molar-refractivity contribution in [2.75, 3.05) is 24.2 Å². The van der Waals surface area contributed by atoms with Crippen molar-refractivity contribution in [1.82, 2.24) is 4.98 Å². The molecule has 0 bridgehead atoms. The number of rotatable bonds is 4. The lowest BCUT2D eigenvalue weighted by Gasteiger charge is -1.97. The van der Waals surface area contributed by atoms with Crippen LogP contribution in [-0.4, -0.2) is 23.2 Å². The molecule has 0 saturated heterocycles. The third-order valence-corrected chi connectivity index (χ3v) is 1.92. The monoisotopic (exact) mass is 173 g/mol. The van der Waals surface area contributed by atoms with E-state index in [0.29, 0.717) is 5.00 Å². The van der Waals surface area contributed by atoms with Crippen LogP contribution in [0.25, 0.3) is 0 Å². The highest BCUT2D eigenvalue weighted by molar-refractivity contribution is 7.19. The molecule has 62 valence electrons. The van der Waals surface area contributed by atoms with Crippen LogP contribution in [0.3, 0.4) is 0 Å². The van der Waals surface area contributed by atoms with Crippen molar-refractivity contribution in [2.45, 2.75) is 6.42 Å². The van der Waals surface area contributed by atoms with Crippen molar-refractivity contribution in [3.8, 4) is 0 Å². The molecule has 0 aliphatic carbocycles. The fourth-order valence-electron chi connectivity index (χ4n) is 0.643. The molecule has 1 aromatic heterocycles. The molecule has 1 heterocycles. The molecule has 0 saturated carbocycles. The lowest BCUT2D eigenvalue weighted by Crippen LogP contribution is -2.02. The van der Waals surface area contributed by atoms with Crippen LogP contribution in [0.15, 0.2) is 6.20 Å². The molecule has 4 N–H and O–H groups in total. The van der Waals surface area contributed by atoms with Crippen LogP contribution >= 0.6 is 11.3 Å². The molecule has 0 aliphatic heterocycles. The van der Waals surface area contributed by atoms with Crippen molar-refractivity contribution in [2.24, 2.45) is 0 Å². The third-order valence-electron chi connectivity index (χ3n) is 1.13. The molecule has 0 amide bonds. The second-order valence-electron chi connectivity index (χ2n) is 2.07. The first-order valence-corrected chi connectivity index (χ1v) is 4.20. The number of aliphatic hydroxyl groups excluding tert-OH is 1. The average molecular weight is 173 g/mol. The van der Waals surface area contributed by atoms with Crippen molar-refractivity contribution in [3.63, 3.8) is 0 Å². The summed E-state index contributed by atoms with van der Waals surface area (Å²) in [6, 6.07) is 0. The summed E-state index contributed by atoms with van der Waals surface area (Å²) in [4.78, 5) is 3.99. The zero-order chi connectivity index (χ0) is 8.10. The molecule has 0 fully saturated rings. The van der Waals surface area contributed by atoms with E-state index < -0.39 is 0 Å². The first kappa shape index (κ1) is 8.29. The Morgan fingerprint density at radius 3 is 3.09 bits per heavy atom. The van der Waals surface area contributed by atoms with Gasteiger partial charge in [-0.05, 0) is 6.42 Å². The van der Waals surface area contributed by atoms with Gasteiger partial charge >= 0.3 is 0 Å². The van der Waals surface area contributed by atoms with Crippen LogP contribution in [0.5, 0.6) is 0 Å². The summed E-state index contributed by atoms with van der Waals surface area (Å²) in [5.74, 6) is 0. The highest BCUT2D eigenvalue weighted by atomic mass is 32.1. The minimum absolute atomic E-state index is 0.202. The van der Waals surface area contributed by atoms with Gasteiger partial charge in [-0.25, -0.2) is 4.98 Å². The number of hydrogen-bond acceptors (Lipinski definition) is 5. The van der Waals surface area contributed by atoms with Gasteiger partial charge in [0.15, 0.2) is 5.13 Å². The lowest BCUT2D eigenvalue weighted by atomic mass is 10.5. The standard InChI is InChI=1S/C6H11N3OS/c7-5-4-9-6(11-5)8-2-1-3-10/h4,10H,1-3,7H2,(H,8,9). The number of aromatic nitrogens is 1. The second-order valence-corrected chi connectivity index (χ2v) is 3.13. The van der Waals surface area contributed by atoms with Crippen molar-refractivity contribution >= 4 is 21.5 Å². The van der Waals surface area contributed by atoms with Gasteiger partial charge in [0.2, 0.25) is 0 Å². The lowest BCUT2D eigenvalue weighted by molar-refractivity contribution is 0.292. The molecule has 11 heavy (non-hydrogen) atoms. The van der Waals surface area contributed by atoms with Crippen LogP contribution in [-0.2, 0) is 0 Å². The smallest absolute Gasteiger partial charge is 0.184 e. The quantitative estimate of drug-likeness (QED) is 0.580. The molecule has 0 radical (unpaired) electrons. The number of thiazole rings is 1. The van der Waals surface area contributed by atoms with E-state index in [0.717, 1.165) is 18.1 Å². The predicted octanol–water partition coefficient (Wildman–Crippen LogP) is 0.520. The van der Waals surface area contributed by atoms with E-state index in [1.807, 2.05) is 0 Å². The maximum atomic E-state index is 8.47. The molecular weight excluding hydrogens is 162 g/mol. The van der Waals surface area contributed by atoms with Gasteiger partial charge < -0.3 is 16.2 Å². The normalized spacial score (nSPS) is 9.91. The largest absolute Gasteiger partial charge is 0.396 e. The highest BCUT2D eigenvalue weighted by Gasteiger charge is 1.95. The zero-order valence-electron chi connectivity index (χ0n) is 6.08. The van der Waals surface area contributed by atoms with Gasteiger partial charge in [-0.2, -0.15) is 0 Å². The number of nitrogen functional groups attached to an aromatic ring is 1. The summed E-state index contributed by atoms with van der Waals surface area (Å²) in [7, 11) is 0. The molecule has 4 nitrogen and oxygen atoms in total. The van der Waals surface area contributed by atoms with Gasteiger partial charge in [-0.15, -0.1) is 0 Å².